The standard InChI is InChI=1S/C11H13N3O2S.ClH/c12-4-3-10(15)13-6-8-7-17-11(14-8)9-2-1-5-16-9;/h1-2,5,7H,3-4,6,12H2,(H,13,15);1H. The van der Waals surface area contributed by atoms with Crippen molar-refractivity contribution >= 4 is 29.7 Å². The van der Waals surface area contributed by atoms with Gasteiger partial charge in [0.1, 0.15) is 0 Å². The Hall–Kier alpha value is -1.37. The Morgan fingerprint density at radius 3 is 3.06 bits per heavy atom. The number of hydrogen-bond acceptors (Lipinski definition) is 5. The van der Waals surface area contributed by atoms with Crippen LogP contribution < -0.4 is 11.1 Å². The van der Waals surface area contributed by atoms with E-state index in [0.29, 0.717) is 19.5 Å². The molecule has 0 saturated heterocycles. The molecule has 7 heteroatoms. The summed E-state index contributed by atoms with van der Waals surface area (Å²) in [6.07, 6.45) is 1.95. The van der Waals surface area contributed by atoms with E-state index in [1.165, 1.54) is 11.3 Å². The second-order valence-corrected chi connectivity index (χ2v) is 4.29. The van der Waals surface area contributed by atoms with E-state index in [2.05, 4.69) is 10.3 Å². The van der Waals surface area contributed by atoms with Gasteiger partial charge >= 0.3 is 0 Å². The lowest BCUT2D eigenvalue weighted by Crippen LogP contribution is -2.25. The van der Waals surface area contributed by atoms with E-state index in [9.17, 15) is 4.79 Å². The summed E-state index contributed by atoms with van der Waals surface area (Å²) in [4.78, 5) is 15.6. The lowest BCUT2D eigenvalue weighted by Gasteiger charge is -2.00. The average Bonchev–Trinajstić information content (AvgIpc) is 2.97. The molecule has 2 rings (SSSR count). The number of carbonyl (C=O) groups is 1. The van der Waals surface area contributed by atoms with E-state index in [-0.39, 0.29) is 18.3 Å². The predicted octanol–water partition coefficient (Wildman–Crippen LogP) is 1.79. The van der Waals surface area contributed by atoms with Crippen molar-refractivity contribution < 1.29 is 9.21 Å². The molecule has 18 heavy (non-hydrogen) atoms. The summed E-state index contributed by atoms with van der Waals surface area (Å²) in [7, 11) is 0. The van der Waals surface area contributed by atoms with Gasteiger partial charge in [0.2, 0.25) is 5.91 Å². The second-order valence-electron chi connectivity index (χ2n) is 3.44. The first-order valence-electron chi connectivity index (χ1n) is 5.24. The highest BCUT2D eigenvalue weighted by Crippen LogP contribution is 2.23. The highest BCUT2D eigenvalue weighted by Gasteiger charge is 2.07. The molecule has 3 N–H and O–H groups in total. The Morgan fingerprint density at radius 2 is 2.39 bits per heavy atom. The fraction of sp³-hybridized carbons (Fsp3) is 0.273. The van der Waals surface area contributed by atoms with E-state index in [1.54, 1.807) is 6.26 Å². The molecule has 2 heterocycles. The number of carbonyl (C=O) groups excluding carboxylic acids is 1. The highest BCUT2D eigenvalue weighted by atomic mass is 35.5. The lowest BCUT2D eigenvalue weighted by atomic mass is 10.4. The fourth-order valence-electron chi connectivity index (χ4n) is 1.31. The summed E-state index contributed by atoms with van der Waals surface area (Å²) in [5, 5.41) is 5.47. The van der Waals surface area contributed by atoms with Gasteiger partial charge in [0.25, 0.3) is 0 Å². The van der Waals surface area contributed by atoms with Crippen molar-refractivity contribution in [1.82, 2.24) is 10.3 Å². The number of amides is 1. The molecule has 0 aromatic carbocycles. The molecular formula is C11H14ClN3O2S. The molecule has 1 amide bonds. The van der Waals surface area contributed by atoms with Gasteiger partial charge in [0, 0.05) is 18.3 Å². The van der Waals surface area contributed by atoms with Crippen LogP contribution in [0.2, 0.25) is 0 Å². The first-order chi connectivity index (χ1) is 8.29. The van der Waals surface area contributed by atoms with E-state index < -0.39 is 0 Å². The van der Waals surface area contributed by atoms with Gasteiger partial charge in [-0.25, -0.2) is 4.98 Å². The number of furan rings is 1. The zero-order valence-corrected chi connectivity index (χ0v) is 11.2. The maximum atomic E-state index is 11.2. The molecule has 0 fully saturated rings. The molecule has 0 spiro atoms. The van der Waals surface area contributed by atoms with Crippen LogP contribution in [0.4, 0.5) is 0 Å². The van der Waals surface area contributed by atoms with Crippen LogP contribution in [-0.2, 0) is 11.3 Å². The number of aromatic nitrogens is 1. The van der Waals surface area contributed by atoms with Gasteiger partial charge in [-0.2, -0.15) is 0 Å². The van der Waals surface area contributed by atoms with Crippen LogP contribution >= 0.6 is 23.7 Å². The van der Waals surface area contributed by atoms with Crippen molar-refractivity contribution in [2.45, 2.75) is 13.0 Å². The molecule has 0 atom stereocenters. The third-order valence-electron chi connectivity index (χ3n) is 2.12. The molecule has 2 aromatic heterocycles. The van der Waals surface area contributed by atoms with Gasteiger partial charge in [-0.3, -0.25) is 4.79 Å². The van der Waals surface area contributed by atoms with Crippen LogP contribution in [0.1, 0.15) is 12.1 Å². The van der Waals surface area contributed by atoms with Gasteiger partial charge < -0.3 is 15.5 Å². The molecule has 98 valence electrons. The molecule has 0 aliphatic rings. The van der Waals surface area contributed by atoms with E-state index in [0.717, 1.165) is 16.5 Å². The minimum absolute atomic E-state index is 0. The largest absolute Gasteiger partial charge is 0.462 e. The van der Waals surface area contributed by atoms with Crippen molar-refractivity contribution in [3.05, 3.63) is 29.5 Å². The summed E-state index contributed by atoms with van der Waals surface area (Å²) in [6.45, 7) is 0.788. The summed E-state index contributed by atoms with van der Waals surface area (Å²) in [5.41, 5.74) is 6.11. The maximum absolute atomic E-state index is 11.2. The molecule has 0 aliphatic carbocycles. The molecule has 5 nitrogen and oxygen atoms in total. The predicted molar refractivity (Wildman–Crippen MR) is 72.6 cm³/mol. The second kappa shape index (κ2) is 7.15. The minimum atomic E-state index is -0.0555. The monoisotopic (exact) mass is 287 g/mol. The van der Waals surface area contributed by atoms with Gasteiger partial charge in [0.05, 0.1) is 18.5 Å². The number of nitrogens with zero attached hydrogens (tertiary/aromatic N) is 1. The smallest absolute Gasteiger partial charge is 0.221 e. The number of thiazole rings is 1. The molecule has 0 radical (unpaired) electrons. The first-order valence-corrected chi connectivity index (χ1v) is 6.12. The van der Waals surface area contributed by atoms with Gasteiger partial charge in [-0.05, 0) is 12.1 Å². The Kier molecular flexibility index (Phi) is 5.84. The normalized spacial score (nSPS) is 9.83. The van der Waals surface area contributed by atoms with E-state index in [4.69, 9.17) is 10.2 Å². The number of rotatable bonds is 5. The number of nitrogens with one attached hydrogen (secondary N) is 1. The van der Waals surface area contributed by atoms with Crippen molar-refractivity contribution in [2.24, 2.45) is 5.73 Å². The van der Waals surface area contributed by atoms with Crippen molar-refractivity contribution in [3.63, 3.8) is 0 Å². The first kappa shape index (κ1) is 14.7. The third-order valence-corrected chi connectivity index (χ3v) is 3.03. The zero-order valence-electron chi connectivity index (χ0n) is 9.59. The Labute approximate surface area is 115 Å². The van der Waals surface area contributed by atoms with Crippen molar-refractivity contribution in [2.75, 3.05) is 6.54 Å². The van der Waals surface area contributed by atoms with Gasteiger partial charge in [-0.1, -0.05) is 0 Å². The molecule has 0 aliphatic heterocycles. The molecule has 0 bridgehead atoms. The zero-order chi connectivity index (χ0) is 12.1. The van der Waals surface area contributed by atoms with Crippen molar-refractivity contribution in [1.29, 1.82) is 0 Å². The van der Waals surface area contributed by atoms with Crippen LogP contribution in [0.3, 0.4) is 0 Å². The van der Waals surface area contributed by atoms with Crippen LogP contribution in [0.5, 0.6) is 0 Å². The Bertz CT molecular complexity index is 484. The summed E-state index contributed by atoms with van der Waals surface area (Å²) >= 11 is 1.49. The molecular weight excluding hydrogens is 274 g/mol. The summed E-state index contributed by atoms with van der Waals surface area (Å²) < 4.78 is 5.24. The number of halogens is 1. The van der Waals surface area contributed by atoms with Gasteiger partial charge in [0.15, 0.2) is 10.8 Å². The number of nitrogens with two attached hydrogens (primary N) is 1. The van der Waals surface area contributed by atoms with Crippen molar-refractivity contribution in [3.8, 4) is 10.8 Å². The molecule has 0 saturated carbocycles. The average molecular weight is 288 g/mol. The minimum Gasteiger partial charge on any atom is -0.462 e. The van der Waals surface area contributed by atoms with Crippen LogP contribution in [-0.4, -0.2) is 17.4 Å². The third kappa shape index (κ3) is 3.83. The molecule has 0 unspecified atom stereocenters. The number of hydrogen-bond donors (Lipinski definition) is 2. The quantitative estimate of drug-likeness (QED) is 0.878. The lowest BCUT2D eigenvalue weighted by molar-refractivity contribution is -0.121. The Morgan fingerprint density at radius 1 is 1.56 bits per heavy atom. The molecule has 2 aromatic rings. The van der Waals surface area contributed by atoms with E-state index in [1.807, 2.05) is 17.5 Å². The summed E-state index contributed by atoms with van der Waals surface area (Å²) in [6, 6.07) is 3.68. The van der Waals surface area contributed by atoms with Crippen LogP contribution in [0, 0.1) is 0 Å². The SMILES string of the molecule is Cl.NCCC(=O)NCc1csc(-c2ccco2)n1. The Balaban J connectivity index is 0.00000162. The van der Waals surface area contributed by atoms with Crippen LogP contribution in [0.15, 0.2) is 28.2 Å². The van der Waals surface area contributed by atoms with Crippen LogP contribution in [0.25, 0.3) is 10.8 Å². The fourth-order valence-corrected chi connectivity index (χ4v) is 2.10. The van der Waals surface area contributed by atoms with Gasteiger partial charge in [-0.15, -0.1) is 23.7 Å². The highest BCUT2D eigenvalue weighted by molar-refractivity contribution is 7.13. The maximum Gasteiger partial charge on any atom is 0.221 e. The van der Waals surface area contributed by atoms with E-state index >= 15 is 0 Å². The summed E-state index contributed by atoms with van der Waals surface area (Å²) in [5.74, 6) is 0.689. The topological polar surface area (TPSA) is 81.2 Å².